The summed E-state index contributed by atoms with van der Waals surface area (Å²) < 4.78 is 5.25. The maximum atomic E-state index is 5.27. The highest BCUT2D eigenvalue weighted by Crippen LogP contribution is 1.85. The Morgan fingerprint density at radius 3 is 2.00 bits per heavy atom. The van der Waals surface area contributed by atoms with E-state index in [1.54, 1.807) is 0 Å². The molecule has 0 aliphatic rings. The molecule has 13 heavy (non-hydrogen) atoms. The first-order chi connectivity index (χ1) is 5.35. The number of halogens is 2. The lowest BCUT2D eigenvalue weighted by Crippen LogP contribution is -2.27. The van der Waals surface area contributed by atoms with Crippen LogP contribution in [0.5, 0.6) is 0 Å². The van der Waals surface area contributed by atoms with E-state index >= 15 is 0 Å². The van der Waals surface area contributed by atoms with Gasteiger partial charge in [0.05, 0.1) is 13.2 Å². The smallest absolute Gasteiger partial charge is 0.0594 e. The van der Waals surface area contributed by atoms with E-state index in [4.69, 9.17) is 10.5 Å². The lowest BCUT2D eigenvalue weighted by Gasteiger charge is -2.17. The van der Waals surface area contributed by atoms with Gasteiger partial charge in [-0.15, -0.1) is 24.8 Å². The standard InChI is InChI=1S/C8H20N2O.2ClH/c1-3-10(4-2)6-8-11-7-5-9;;/h3-9H2,1-2H3;2*1H. The SMILES string of the molecule is CCN(CC)CCOCCN.Cl.Cl. The molecule has 5 heteroatoms. The topological polar surface area (TPSA) is 38.5 Å². The molecule has 0 atom stereocenters. The van der Waals surface area contributed by atoms with Crippen LogP contribution in [0.15, 0.2) is 0 Å². The maximum Gasteiger partial charge on any atom is 0.0594 e. The van der Waals surface area contributed by atoms with Crippen LogP contribution < -0.4 is 5.73 Å². The summed E-state index contributed by atoms with van der Waals surface area (Å²) >= 11 is 0. The third-order valence-corrected chi connectivity index (χ3v) is 1.71. The number of nitrogens with zero attached hydrogens (tertiary/aromatic N) is 1. The van der Waals surface area contributed by atoms with Crippen molar-refractivity contribution >= 4 is 24.8 Å². The minimum atomic E-state index is 0. The van der Waals surface area contributed by atoms with Crippen molar-refractivity contribution in [2.45, 2.75) is 13.8 Å². The van der Waals surface area contributed by atoms with E-state index in [1.165, 1.54) is 0 Å². The maximum absolute atomic E-state index is 5.27. The number of ether oxygens (including phenoxy) is 1. The second-order valence-corrected chi connectivity index (χ2v) is 2.43. The molecule has 0 radical (unpaired) electrons. The van der Waals surface area contributed by atoms with Gasteiger partial charge >= 0.3 is 0 Å². The predicted octanol–water partition coefficient (Wildman–Crippen LogP) is 1.15. The van der Waals surface area contributed by atoms with E-state index < -0.39 is 0 Å². The molecule has 0 spiro atoms. The zero-order valence-corrected chi connectivity index (χ0v) is 10.1. The fraction of sp³-hybridized carbons (Fsp3) is 1.00. The van der Waals surface area contributed by atoms with Crippen LogP contribution in [-0.2, 0) is 4.74 Å². The van der Waals surface area contributed by atoms with Gasteiger partial charge in [0.15, 0.2) is 0 Å². The first-order valence-electron chi connectivity index (χ1n) is 4.35. The summed E-state index contributed by atoms with van der Waals surface area (Å²) in [4.78, 5) is 2.33. The quantitative estimate of drug-likeness (QED) is 0.670. The Morgan fingerprint density at radius 2 is 1.62 bits per heavy atom. The Kier molecular flexibility index (Phi) is 22.0. The van der Waals surface area contributed by atoms with Crippen LogP contribution in [0.1, 0.15) is 13.8 Å². The summed E-state index contributed by atoms with van der Waals surface area (Å²) in [6.45, 7) is 9.65. The molecule has 0 aromatic carbocycles. The van der Waals surface area contributed by atoms with E-state index in [0.29, 0.717) is 13.2 Å². The van der Waals surface area contributed by atoms with Gasteiger partial charge in [0, 0.05) is 13.1 Å². The lowest BCUT2D eigenvalue weighted by atomic mass is 10.5. The molecule has 0 aliphatic heterocycles. The Balaban J connectivity index is -0.000000500. The molecule has 0 fully saturated rings. The number of hydrogen-bond donors (Lipinski definition) is 1. The molecule has 2 N–H and O–H groups in total. The predicted molar refractivity (Wildman–Crippen MR) is 62.2 cm³/mol. The van der Waals surface area contributed by atoms with Gasteiger partial charge in [-0.3, -0.25) is 0 Å². The van der Waals surface area contributed by atoms with Gasteiger partial charge < -0.3 is 15.4 Å². The van der Waals surface area contributed by atoms with Gasteiger partial charge in [-0.2, -0.15) is 0 Å². The normalized spacial score (nSPS) is 9.23. The molecule has 0 unspecified atom stereocenters. The average molecular weight is 233 g/mol. The van der Waals surface area contributed by atoms with Crippen molar-refractivity contribution in [1.29, 1.82) is 0 Å². The summed E-state index contributed by atoms with van der Waals surface area (Å²) in [6, 6.07) is 0. The molecular weight excluding hydrogens is 211 g/mol. The lowest BCUT2D eigenvalue weighted by molar-refractivity contribution is 0.113. The van der Waals surface area contributed by atoms with Crippen molar-refractivity contribution < 1.29 is 4.74 Å². The first kappa shape index (κ1) is 19.1. The monoisotopic (exact) mass is 232 g/mol. The minimum Gasteiger partial charge on any atom is -0.379 e. The highest BCUT2D eigenvalue weighted by atomic mass is 35.5. The van der Waals surface area contributed by atoms with Crippen molar-refractivity contribution in [2.75, 3.05) is 39.4 Å². The fourth-order valence-electron chi connectivity index (χ4n) is 0.919. The van der Waals surface area contributed by atoms with E-state index in [-0.39, 0.29) is 24.8 Å². The van der Waals surface area contributed by atoms with Crippen molar-refractivity contribution in [3.8, 4) is 0 Å². The zero-order chi connectivity index (χ0) is 8.53. The second-order valence-electron chi connectivity index (χ2n) is 2.43. The average Bonchev–Trinajstić information content (AvgIpc) is 2.05. The third kappa shape index (κ3) is 12.5. The highest BCUT2D eigenvalue weighted by Gasteiger charge is 1.96. The van der Waals surface area contributed by atoms with Gasteiger partial charge in [-0.1, -0.05) is 13.8 Å². The van der Waals surface area contributed by atoms with Gasteiger partial charge in [0.1, 0.15) is 0 Å². The van der Waals surface area contributed by atoms with Gasteiger partial charge in [-0.05, 0) is 13.1 Å². The molecule has 0 rings (SSSR count). The molecule has 0 aliphatic carbocycles. The van der Waals surface area contributed by atoms with Gasteiger partial charge in [0.25, 0.3) is 0 Å². The van der Waals surface area contributed by atoms with Crippen molar-refractivity contribution in [1.82, 2.24) is 4.90 Å². The van der Waals surface area contributed by atoms with Crippen LogP contribution in [0.4, 0.5) is 0 Å². The van der Waals surface area contributed by atoms with Crippen LogP contribution in [0.3, 0.4) is 0 Å². The number of likely N-dealkylation sites (N-methyl/N-ethyl adjacent to an activating group) is 1. The molecule has 0 amide bonds. The molecule has 0 aromatic rings. The summed E-state index contributed by atoms with van der Waals surface area (Å²) in [5.41, 5.74) is 5.27. The molecule has 3 nitrogen and oxygen atoms in total. The zero-order valence-electron chi connectivity index (χ0n) is 8.49. The highest BCUT2D eigenvalue weighted by molar-refractivity contribution is 5.85. The molecular formula is C8H22Cl2N2O. The van der Waals surface area contributed by atoms with E-state index in [9.17, 15) is 0 Å². The van der Waals surface area contributed by atoms with Crippen LogP contribution >= 0.6 is 24.8 Å². The summed E-state index contributed by atoms with van der Waals surface area (Å²) in [7, 11) is 0. The first-order valence-corrected chi connectivity index (χ1v) is 4.35. The summed E-state index contributed by atoms with van der Waals surface area (Å²) in [6.07, 6.45) is 0. The fourth-order valence-corrected chi connectivity index (χ4v) is 0.919. The van der Waals surface area contributed by atoms with Gasteiger partial charge in [0.2, 0.25) is 0 Å². The second kappa shape index (κ2) is 15.0. The van der Waals surface area contributed by atoms with E-state index in [1.807, 2.05) is 0 Å². The Morgan fingerprint density at radius 1 is 1.08 bits per heavy atom. The van der Waals surface area contributed by atoms with Crippen molar-refractivity contribution in [3.63, 3.8) is 0 Å². The van der Waals surface area contributed by atoms with Crippen LogP contribution in [0.25, 0.3) is 0 Å². The Bertz CT molecular complexity index is 82.5. The summed E-state index contributed by atoms with van der Waals surface area (Å²) in [5.74, 6) is 0. The minimum absolute atomic E-state index is 0. The number of nitrogens with two attached hydrogens (primary N) is 1. The Labute approximate surface area is 93.8 Å². The van der Waals surface area contributed by atoms with Gasteiger partial charge in [-0.25, -0.2) is 0 Å². The van der Waals surface area contributed by atoms with E-state index in [0.717, 1.165) is 26.2 Å². The summed E-state index contributed by atoms with van der Waals surface area (Å²) in [5, 5.41) is 0. The molecule has 0 heterocycles. The largest absolute Gasteiger partial charge is 0.379 e. The molecule has 0 aromatic heterocycles. The number of rotatable bonds is 7. The van der Waals surface area contributed by atoms with Crippen LogP contribution in [0, 0.1) is 0 Å². The third-order valence-electron chi connectivity index (χ3n) is 1.71. The number of hydrogen-bond acceptors (Lipinski definition) is 3. The van der Waals surface area contributed by atoms with E-state index in [2.05, 4.69) is 18.7 Å². The van der Waals surface area contributed by atoms with Crippen molar-refractivity contribution in [3.05, 3.63) is 0 Å². The van der Waals surface area contributed by atoms with Crippen molar-refractivity contribution in [2.24, 2.45) is 5.73 Å². The molecule has 0 saturated carbocycles. The van der Waals surface area contributed by atoms with Crippen LogP contribution in [0.2, 0.25) is 0 Å². The molecule has 84 valence electrons. The molecule has 0 bridgehead atoms. The molecule has 0 saturated heterocycles. The van der Waals surface area contributed by atoms with Crippen LogP contribution in [-0.4, -0.2) is 44.3 Å². The Hall–Kier alpha value is 0.460.